The molecular formula is C12H16BrNS2. The Morgan fingerprint density at radius 2 is 2.12 bits per heavy atom. The highest BCUT2D eigenvalue weighted by Gasteiger charge is 2.18. The molecule has 0 saturated carbocycles. The molecule has 0 radical (unpaired) electrons. The van der Waals surface area contributed by atoms with Crippen LogP contribution in [0.25, 0.3) is 0 Å². The lowest BCUT2D eigenvalue weighted by molar-refractivity contribution is 0.644. The summed E-state index contributed by atoms with van der Waals surface area (Å²) in [5.41, 5.74) is 1.42. The summed E-state index contributed by atoms with van der Waals surface area (Å²) in [6.45, 7) is 1.15. The fourth-order valence-electron chi connectivity index (χ4n) is 2.11. The van der Waals surface area contributed by atoms with Crippen LogP contribution in [0, 0.1) is 0 Å². The molecule has 1 aromatic rings. The van der Waals surface area contributed by atoms with Crippen LogP contribution in [0.4, 0.5) is 0 Å². The first-order valence-electron chi connectivity index (χ1n) is 5.41. The quantitative estimate of drug-likeness (QED) is 0.834. The van der Waals surface area contributed by atoms with Crippen molar-refractivity contribution < 1.29 is 0 Å². The molecule has 0 spiro atoms. The maximum Gasteiger partial charge on any atom is 0.0348 e. The number of thioether (sulfide) groups is 2. The van der Waals surface area contributed by atoms with Gasteiger partial charge in [0.15, 0.2) is 0 Å². The monoisotopic (exact) mass is 317 g/mol. The third kappa shape index (κ3) is 2.61. The van der Waals surface area contributed by atoms with E-state index >= 15 is 0 Å². The molecule has 88 valence electrons. The average molecular weight is 318 g/mol. The van der Waals surface area contributed by atoms with Crippen molar-refractivity contribution in [1.29, 1.82) is 0 Å². The lowest BCUT2D eigenvalue weighted by atomic mass is 10.1. The molecule has 0 bridgehead atoms. The molecule has 1 aliphatic rings. The van der Waals surface area contributed by atoms with Gasteiger partial charge in [0, 0.05) is 20.3 Å². The maximum atomic E-state index is 3.68. The number of nitrogens with one attached hydrogen (secondary N) is 1. The van der Waals surface area contributed by atoms with Crippen molar-refractivity contribution in [3.05, 3.63) is 22.2 Å². The zero-order chi connectivity index (χ0) is 11.5. The van der Waals surface area contributed by atoms with Crippen molar-refractivity contribution in [2.24, 2.45) is 0 Å². The summed E-state index contributed by atoms with van der Waals surface area (Å²) in [6, 6.07) is 5.16. The summed E-state index contributed by atoms with van der Waals surface area (Å²) in [4.78, 5) is 2.74. The lowest BCUT2D eigenvalue weighted by Gasteiger charge is -2.15. The molecule has 16 heavy (non-hydrogen) atoms. The van der Waals surface area contributed by atoms with E-state index in [2.05, 4.69) is 45.9 Å². The van der Waals surface area contributed by atoms with Gasteiger partial charge >= 0.3 is 0 Å². The van der Waals surface area contributed by atoms with Gasteiger partial charge in [0.25, 0.3) is 0 Å². The van der Waals surface area contributed by atoms with Crippen LogP contribution in [0.2, 0.25) is 0 Å². The summed E-state index contributed by atoms with van der Waals surface area (Å²) in [6.07, 6.45) is 6.83. The number of halogens is 1. The SMILES string of the molecule is CSc1cc(C2CCCN2)cc(Br)c1SC. The van der Waals surface area contributed by atoms with Crippen molar-refractivity contribution in [3.8, 4) is 0 Å². The number of benzene rings is 1. The molecule has 1 saturated heterocycles. The largest absolute Gasteiger partial charge is 0.310 e. The minimum Gasteiger partial charge on any atom is -0.310 e. The van der Waals surface area contributed by atoms with Crippen molar-refractivity contribution >= 4 is 39.5 Å². The van der Waals surface area contributed by atoms with Gasteiger partial charge in [0.2, 0.25) is 0 Å². The minimum absolute atomic E-state index is 0.554. The second-order valence-corrected chi connectivity index (χ2v) is 6.41. The molecule has 1 nitrogen and oxygen atoms in total. The highest BCUT2D eigenvalue weighted by molar-refractivity contribution is 9.10. The minimum atomic E-state index is 0.554. The standard InChI is InChI=1S/C12H16BrNS2/c1-15-11-7-8(10-4-3-5-14-10)6-9(13)12(11)16-2/h6-7,10,14H,3-5H2,1-2H3. The molecule has 0 aromatic heterocycles. The van der Waals surface area contributed by atoms with E-state index in [1.54, 1.807) is 0 Å². The predicted octanol–water partition coefficient (Wildman–Crippen LogP) is 4.32. The van der Waals surface area contributed by atoms with E-state index in [4.69, 9.17) is 0 Å². The fourth-order valence-corrected chi connectivity index (χ4v) is 4.77. The van der Waals surface area contributed by atoms with Gasteiger partial charge < -0.3 is 5.32 Å². The molecule has 0 aliphatic carbocycles. The van der Waals surface area contributed by atoms with Gasteiger partial charge in [-0.3, -0.25) is 0 Å². The van der Waals surface area contributed by atoms with Crippen LogP contribution in [0.5, 0.6) is 0 Å². The molecule has 1 fully saturated rings. The third-order valence-electron chi connectivity index (χ3n) is 2.92. The highest BCUT2D eigenvalue weighted by atomic mass is 79.9. The molecule has 0 amide bonds. The number of hydrogen-bond donors (Lipinski definition) is 1. The van der Waals surface area contributed by atoms with E-state index in [1.807, 2.05) is 23.5 Å². The van der Waals surface area contributed by atoms with Gasteiger partial charge in [-0.2, -0.15) is 0 Å². The first kappa shape index (κ1) is 12.8. The Morgan fingerprint density at radius 3 is 2.69 bits per heavy atom. The summed E-state index contributed by atoms with van der Waals surface area (Å²) in [5.74, 6) is 0. The maximum absolute atomic E-state index is 3.68. The number of rotatable bonds is 3. The van der Waals surface area contributed by atoms with Crippen LogP contribution in [-0.2, 0) is 0 Å². The Morgan fingerprint density at radius 1 is 1.31 bits per heavy atom. The zero-order valence-corrected chi connectivity index (χ0v) is 12.8. The van der Waals surface area contributed by atoms with E-state index < -0.39 is 0 Å². The molecule has 2 rings (SSSR count). The van der Waals surface area contributed by atoms with Crippen LogP contribution < -0.4 is 5.32 Å². The van der Waals surface area contributed by atoms with Crippen molar-refractivity contribution in [1.82, 2.24) is 5.32 Å². The van der Waals surface area contributed by atoms with Gasteiger partial charge in [0.1, 0.15) is 0 Å². The first-order chi connectivity index (χ1) is 7.76. The highest BCUT2D eigenvalue weighted by Crippen LogP contribution is 2.38. The Bertz CT molecular complexity index is 376. The zero-order valence-electron chi connectivity index (χ0n) is 9.55. The van der Waals surface area contributed by atoms with Crippen LogP contribution in [0.1, 0.15) is 24.4 Å². The van der Waals surface area contributed by atoms with Gasteiger partial charge in [0.05, 0.1) is 0 Å². The molecule has 1 atom stereocenters. The first-order valence-corrected chi connectivity index (χ1v) is 8.65. The fraction of sp³-hybridized carbons (Fsp3) is 0.500. The van der Waals surface area contributed by atoms with E-state index in [0.29, 0.717) is 6.04 Å². The van der Waals surface area contributed by atoms with Crippen LogP contribution in [-0.4, -0.2) is 19.1 Å². The number of hydrogen-bond acceptors (Lipinski definition) is 3. The smallest absolute Gasteiger partial charge is 0.0348 e. The Balaban J connectivity index is 2.36. The Hall–Kier alpha value is 0.360. The second kappa shape index (κ2) is 5.80. The van der Waals surface area contributed by atoms with E-state index in [0.717, 1.165) is 6.54 Å². The Labute approximate surface area is 114 Å². The van der Waals surface area contributed by atoms with Crippen LogP contribution >= 0.6 is 39.5 Å². The average Bonchev–Trinajstić information content (AvgIpc) is 2.81. The normalized spacial score (nSPS) is 20.3. The van der Waals surface area contributed by atoms with E-state index in [1.165, 1.54) is 32.7 Å². The predicted molar refractivity (Wildman–Crippen MR) is 77.7 cm³/mol. The Kier molecular flexibility index (Phi) is 4.65. The molecule has 1 N–H and O–H groups in total. The summed E-state index contributed by atoms with van der Waals surface area (Å²) in [7, 11) is 0. The summed E-state index contributed by atoms with van der Waals surface area (Å²) in [5, 5.41) is 3.55. The summed E-state index contributed by atoms with van der Waals surface area (Å²) < 4.78 is 1.23. The third-order valence-corrected chi connectivity index (χ3v) is 5.55. The lowest BCUT2D eigenvalue weighted by Crippen LogP contribution is -2.12. The molecule has 1 aliphatic heterocycles. The molecule has 4 heteroatoms. The van der Waals surface area contributed by atoms with Gasteiger partial charge in [-0.1, -0.05) is 0 Å². The summed E-state index contributed by atoms with van der Waals surface area (Å²) >= 11 is 7.32. The van der Waals surface area contributed by atoms with Crippen LogP contribution in [0.3, 0.4) is 0 Å². The van der Waals surface area contributed by atoms with E-state index in [9.17, 15) is 0 Å². The van der Waals surface area contributed by atoms with E-state index in [-0.39, 0.29) is 0 Å². The van der Waals surface area contributed by atoms with Crippen molar-refractivity contribution in [3.63, 3.8) is 0 Å². The van der Waals surface area contributed by atoms with Gasteiger partial charge in [-0.15, -0.1) is 23.5 Å². The van der Waals surface area contributed by atoms with Crippen LogP contribution in [0.15, 0.2) is 26.4 Å². The topological polar surface area (TPSA) is 12.0 Å². The second-order valence-electron chi connectivity index (χ2n) is 3.89. The van der Waals surface area contributed by atoms with Crippen molar-refractivity contribution in [2.75, 3.05) is 19.1 Å². The van der Waals surface area contributed by atoms with Gasteiger partial charge in [-0.05, 0) is 65.5 Å². The molecule has 1 heterocycles. The van der Waals surface area contributed by atoms with Crippen molar-refractivity contribution in [2.45, 2.75) is 28.7 Å². The molecule has 1 unspecified atom stereocenters. The molecular weight excluding hydrogens is 302 g/mol. The molecule has 1 aromatic carbocycles. The van der Waals surface area contributed by atoms with Gasteiger partial charge in [-0.25, -0.2) is 0 Å².